The second-order valence-electron chi connectivity index (χ2n) is 5.80. The number of rotatable bonds is 7. The molecule has 0 spiro atoms. The van der Waals surface area contributed by atoms with Crippen molar-refractivity contribution in [3.63, 3.8) is 0 Å². The van der Waals surface area contributed by atoms with Crippen LogP contribution in [0.25, 0.3) is 10.8 Å². The van der Waals surface area contributed by atoms with E-state index in [-0.39, 0.29) is 56.3 Å². The molecule has 0 bridgehead atoms. The van der Waals surface area contributed by atoms with Gasteiger partial charge in [0.05, 0.1) is 4.90 Å². The average molecular weight is 359 g/mol. The molecule has 2 aromatic carbocycles. The summed E-state index contributed by atoms with van der Waals surface area (Å²) in [4.78, 5) is -0.0604. The summed E-state index contributed by atoms with van der Waals surface area (Å²) in [6, 6.07) is 9.46. The molecule has 0 aliphatic rings. The molecule has 0 radical (unpaired) electrons. The van der Waals surface area contributed by atoms with Crippen molar-refractivity contribution in [1.82, 2.24) is 0 Å². The van der Waals surface area contributed by atoms with Crippen LogP contribution in [-0.4, -0.2) is 13.0 Å². The number of unbranched alkanes of at least 4 members (excludes halogenated alkanes) is 2. The summed E-state index contributed by atoms with van der Waals surface area (Å²) >= 11 is 0. The third-order valence-electron chi connectivity index (χ3n) is 3.97. The Bertz CT molecular complexity index is 754. The van der Waals surface area contributed by atoms with Gasteiger partial charge in [0.2, 0.25) is 0 Å². The first-order valence-electron chi connectivity index (χ1n) is 7.97. The van der Waals surface area contributed by atoms with E-state index >= 15 is 0 Å². The van der Waals surface area contributed by atoms with Gasteiger partial charge >= 0.3 is 51.4 Å². The van der Waals surface area contributed by atoms with Crippen molar-refractivity contribution in [2.45, 2.75) is 57.3 Å². The molecule has 3 nitrogen and oxygen atoms in total. The smallest absolute Gasteiger partial charge is 0.744 e. The molecule has 23 heavy (non-hydrogen) atoms. The standard InChI is InChI=1S/C18H24O3S.K/c1-3-5-7-14-9-10-15-13-18(22(19,20)21)16(8-6-4-2)12-17(15)11-14;/h9-13H,3-8H2,1-2H3,(H,19,20,21);/q;+1/p-1. The Labute approximate surface area is 182 Å². The number of fused-ring (bicyclic) bond motifs is 1. The molecule has 0 atom stereocenters. The van der Waals surface area contributed by atoms with Gasteiger partial charge < -0.3 is 4.55 Å². The van der Waals surface area contributed by atoms with Crippen molar-refractivity contribution in [3.8, 4) is 0 Å². The Morgan fingerprint density at radius 2 is 1.57 bits per heavy atom. The maximum Gasteiger partial charge on any atom is 1.00 e. The first-order chi connectivity index (χ1) is 10.5. The predicted octanol–water partition coefficient (Wildman–Crippen LogP) is 1.43. The van der Waals surface area contributed by atoms with Crippen LogP contribution in [0.2, 0.25) is 0 Å². The quantitative estimate of drug-likeness (QED) is 0.556. The van der Waals surface area contributed by atoms with Gasteiger partial charge in [0.25, 0.3) is 0 Å². The van der Waals surface area contributed by atoms with Crippen LogP contribution in [0.5, 0.6) is 0 Å². The van der Waals surface area contributed by atoms with Crippen molar-refractivity contribution in [1.29, 1.82) is 0 Å². The minimum absolute atomic E-state index is 0. The zero-order valence-electron chi connectivity index (χ0n) is 14.3. The second kappa shape index (κ2) is 9.66. The van der Waals surface area contributed by atoms with E-state index in [1.807, 2.05) is 18.2 Å². The van der Waals surface area contributed by atoms with Crippen LogP contribution in [-0.2, 0) is 23.0 Å². The van der Waals surface area contributed by atoms with Crippen LogP contribution in [0.1, 0.15) is 50.7 Å². The zero-order chi connectivity index (χ0) is 16.2. The molecular weight excluding hydrogens is 335 g/mol. The molecule has 0 aliphatic carbocycles. The molecule has 0 fully saturated rings. The maximum atomic E-state index is 11.5. The zero-order valence-corrected chi connectivity index (χ0v) is 18.2. The van der Waals surface area contributed by atoms with E-state index < -0.39 is 10.1 Å². The van der Waals surface area contributed by atoms with E-state index in [9.17, 15) is 13.0 Å². The van der Waals surface area contributed by atoms with Gasteiger partial charge in [-0.2, -0.15) is 0 Å². The summed E-state index contributed by atoms with van der Waals surface area (Å²) in [6.07, 6.45) is 5.78. The van der Waals surface area contributed by atoms with Crippen molar-refractivity contribution < 1.29 is 64.4 Å². The van der Waals surface area contributed by atoms with Crippen molar-refractivity contribution in [2.24, 2.45) is 0 Å². The Morgan fingerprint density at radius 1 is 0.913 bits per heavy atom. The van der Waals surface area contributed by atoms with E-state index in [2.05, 4.69) is 19.9 Å². The van der Waals surface area contributed by atoms with E-state index in [1.165, 1.54) is 11.6 Å². The first kappa shape index (κ1) is 21.3. The molecule has 0 heterocycles. The molecule has 0 aromatic heterocycles. The van der Waals surface area contributed by atoms with Crippen LogP contribution in [0, 0.1) is 0 Å². The summed E-state index contributed by atoms with van der Waals surface area (Å²) in [7, 11) is -4.43. The topological polar surface area (TPSA) is 57.2 Å². The van der Waals surface area contributed by atoms with Crippen LogP contribution < -0.4 is 51.4 Å². The van der Waals surface area contributed by atoms with Crippen LogP contribution in [0.4, 0.5) is 0 Å². The van der Waals surface area contributed by atoms with E-state index in [0.29, 0.717) is 12.0 Å². The molecule has 0 saturated carbocycles. The fourth-order valence-corrected chi connectivity index (χ4v) is 3.46. The van der Waals surface area contributed by atoms with Gasteiger partial charge in [-0.05, 0) is 59.7 Å². The molecule has 120 valence electrons. The molecule has 2 aromatic rings. The van der Waals surface area contributed by atoms with Gasteiger partial charge in [0.1, 0.15) is 10.1 Å². The van der Waals surface area contributed by atoms with E-state index in [4.69, 9.17) is 0 Å². The van der Waals surface area contributed by atoms with Gasteiger partial charge in [0.15, 0.2) is 0 Å². The molecule has 5 heteroatoms. The fourth-order valence-electron chi connectivity index (χ4n) is 2.71. The van der Waals surface area contributed by atoms with E-state index in [0.717, 1.165) is 42.9 Å². The molecule has 2 rings (SSSR count). The summed E-state index contributed by atoms with van der Waals surface area (Å²) in [6.45, 7) is 4.21. The second-order valence-corrected chi connectivity index (χ2v) is 7.15. The molecule has 0 N–H and O–H groups in total. The van der Waals surface area contributed by atoms with Gasteiger partial charge in [-0.3, -0.25) is 0 Å². The van der Waals surface area contributed by atoms with Crippen LogP contribution in [0.15, 0.2) is 35.2 Å². The summed E-state index contributed by atoms with van der Waals surface area (Å²) < 4.78 is 34.5. The third-order valence-corrected chi connectivity index (χ3v) is 4.89. The summed E-state index contributed by atoms with van der Waals surface area (Å²) in [5.41, 5.74) is 1.91. The number of benzene rings is 2. The number of aryl methyl sites for hydroxylation is 2. The van der Waals surface area contributed by atoms with Crippen LogP contribution >= 0.6 is 0 Å². The monoisotopic (exact) mass is 358 g/mol. The molecular formula is C18H23KO3S. The molecule has 0 unspecified atom stereocenters. The fraction of sp³-hybridized carbons (Fsp3) is 0.444. The Kier molecular flexibility index (Phi) is 8.94. The minimum Gasteiger partial charge on any atom is -0.744 e. The van der Waals surface area contributed by atoms with Gasteiger partial charge in [-0.25, -0.2) is 8.42 Å². The molecule has 0 saturated heterocycles. The number of hydrogen-bond acceptors (Lipinski definition) is 3. The van der Waals surface area contributed by atoms with Gasteiger partial charge in [-0.1, -0.05) is 44.9 Å². The SMILES string of the molecule is CCCCc1ccc2cc(S(=O)(=O)[O-])c(CCCC)cc2c1.[K+]. The Hall–Kier alpha value is 0.246. The molecule has 0 amide bonds. The predicted molar refractivity (Wildman–Crippen MR) is 89.1 cm³/mol. The third kappa shape index (κ3) is 5.92. The average Bonchev–Trinajstić information content (AvgIpc) is 2.48. The number of hydrogen-bond donors (Lipinski definition) is 0. The first-order valence-corrected chi connectivity index (χ1v) is 9.38. The van der Waals surface area contributed by atoms with Gasteiger partial charge in [-0.15, -0.1) is 0 Å². The Balaban J connectivity index is 0.00000264. The van der Waals surface area contributed by atoms with Crippen molar-refractivity contribution in [2.75, 3.05) is 0 Å². The maximum absolute atomic E-state index is 11.5. The van der Waals surface area contributed by atoms with Crippen molar-refractivity contribution in [3.05, 3.63) is 41.5 Å². The van der Waals surface area contributed by atoms with E-state index in [1.54, 1.807) is 0 Å². The van der Waals surface area contributed by atoms with Crippen molar-refractivity contribution >= 4 is 20.9 Å². The normalized spacial score (nSPS) is 11.4. The van der Waals surface area contributed by atoms with Crippen LogP contribution in [0.3, 0.4) is 0 Å². The summed E-state index contributed by atoms with van der Waals surface area (Å²) in [5.74, 6) is 0. The summed E-state index contributed by atoms with van der Waals surface area (Å²) in [5, 5.41) is 1.84. The Morgan fingerprint density at radius 3 is 2.17 bits per heavy atom. The largest absolute Gasteiger partial charge is 1.00 e. The molecule has 0 aliphatic heterocycles. The minimum atomic E-state index is -4.43. The van der Waals surface area contributed by atoms with Gasteiger partial charge in [0, 0.05) is 0 Å².